The minimum Gasteiger partial charge on any atom is -0.366 e. The van der Waals surface area contributed by atoms with Crippen molar-refractivity contribution in [2.75, 3.05) is 18.2 Å². The molecule has 2 aromatic rings. The highest BCUT2D eigenvalue weighted by Gasteiger charge is 2.34. The van der Waals surface area contributed by atoms with E-state index in [1.165, 1.54) is 4.90 Å². The number of nitrogens with one attached hydrogen (secondary N) is 1. The number of rotatable bonds is 5. The molecule has 1 heterocycles. The fraction of sp³-hybridized carbons (Fsp3) is 0.111. The topological polar surface area (TPSA) is 49.4 Å². The van der Waals surface area contributed by atoms with Gasteiger partial charge in [-0.1, -0.05) is 24.3 Å². The summed E-state index contributed by atoms with van der Waals surface area (Å²) in [6, 6.07) is 15.4. The monoisotopic (exact) mass is 434 g/mol. The number of anilines is 1. The van der Waals surface area contributed by atoms with E-state index in [1.807, 2.05) is 54.8 Å². The van der Waals surface area contributed by atoms with Crippen molar-refractivity contribution in [2.24, 2.45) is 0 Å². The zero-order chi connectivity index (χ0) is 17.8. The molecule has 0 aromatic heterocycles. The summed E-state index contributed by atoms with van der Waals surface area (Å²) in [4.78, 5) is 27.5. The summed E-state index contributed by atoms with van der Waals surface area (Å²) in [5, 5.41) is 2.84. The predicted molar refractivity (Wildman–Crippen MR) is 109 cm³/mol. The highest BCUT2D eigenvalue weighted by atomic mass is 79.9. The van der Waals surface area contributed by atoms with E-state index in [4.69, 9.17) is 0 Å². The fourth-order valence-corrected chi connectivity index (χ4v) is 3.93. The molecule has 128 valence electrons. The van der Waals surface area contributed by atoms with Crippen LogP contribution in [-0.4, -0.2) is 29.0 Å². The van der Waals surface area contributed by atoms with Gasteiger partial charge in [0, 0.05) is 15.1 Å². The van der Waals surface area contributed by atoms with Gasteiger partial charge in [0.1, 0.15) is 0 Å². The second-order valence-electron chi connectivity index (χ2n) is 5.20. The van der Waals surface area contributed by atoms with Gasteiger partial charge < -0.3 is 5.32 Å². The molecule has 2 amide bonds. The molecule has 25 heavy (non-hydrogen) atoms. The number of carbonyl (C=O) groups excluding carboxylic acids is 2. The summed E-state index contributed by atoms with van der Waals surface area (Å²) < 4.78 is 0.881. The van der Waals surface area contributed by atoms with Crippen molar-refractivity contribution < 1.29 is 9.59 Å². The van der Waals surface area contributed by atoms with Crippen molar-refractivity contribution in [3.05, 3.63) is 63.5 Å². The van der Waals surface area contributed by atoms with Gasteiger partial charge in [0.2, 0.25) is 0 Å². The van der Waals surface area contributed by atoms with Crippen LogP contribution in [0.5, 0.6) is 0 Å². The molecular formula is C18H15BrN2O2S2. The maximum atomic E-state index is 12.5. The third-order valence-corrected chi connectivity index (χ3v) is 5.93. The van der Waals surface area contributed by atoms with Gasteiger partial charge >= 0.3 is 0 Å². The van der Waals surface area contributed by atoms with E-state index < -0.39 is 0 Å². The first-order chi connectivity index (χ1) is 12.1. The molecule has 1 aliphatic rings. The van der Waals surface area contributed by atoms with E-state index in [0.717, 1.165) is 32.4 Å². The van der Waals surface area contributed by atoms with Gasteiger partial charge in [-0.15, -0.1) is 11.8 Å². The molecule has 2 aromatic carbocycles. The number of carbonyl (C=O) groups is 2. The molecule has 0 aliphatic carbocycles. The Balaban J connectivity index is 1.71. The van der Waals surface area contributed by atoms with E-state index in [-0.39, 0.29) is 17.8 Å². The lowest BCUT2D eigenvalue weighted by atomic mass is 10.2. The maximum absolute atomic E-state index is 12.5. The number of halogens is 1. The highest BCUT2D eigenvalue weighted by molar-refractivity contribution is 9.10. The molecule has 1 saturated heterocycles. The lowest BCUT2D eigenvalue weighted by Crippen LogP contribution is -2.33. The molecule has 3 rings (SSSR count). The Morgan fingerprint density at radius 1 is 1.16 bits per heavy atom. The number of para-hydroxylation sites is 1. The number of thioether (sulfide) groups is 2. The summed E-state index contributed by atoms with van der Waals surface area (Å²) in [7, 11) is 0. The van der Waals surface area contributed by atoms with Crippen LogP contribution < -0.4 is 5.32 Å². The first-order valence-corrected chi connectivity index (χ1v) is 10.3. The molecule has 0 saturated carbocycles. The third-order valence-electron chi connectivity index (χ3n) is 3.59. The minimum atomic E-state index is -0.275. The number of hydrogen-bond acceptors (Lipinski definition) is 5. The van der Waals surface area contributed by atoms with E-state index in [0.29, 0.717) is 4.91 Å². The van der Waals surface area contributed by atoms with E-state index in [1.54, 1.807) is 17.8 Å². The van der Waals surface area contributed by atoms with Crippen molar-refractivity contribution in [1.29, 1.82) is 0 Å². The Kier molecular flexibility index (Phi) is 5.88. The number of nitrogens with zero attached hydrogens (tertiary/aromatic N) is 1. The molecule has 1 N–H and O–H groups in total. The second-order valence-corrected chi connectivity index (χ2v) is 7.92. The minimum absolute atomic E-state index is 0.135. The Bertz CT molecular complexity index is 837. The van der Waals surface area contributed by atoms with Gasteiger partial charge in [-0.2, -0.15) is 0 Å². The van der Waals surface area contributed by atoms with E-state index in [9.17, 15) is 9.59 Å². The Morgan fingerprint density at radius 2 is 1.88 bits per heavy atom. The SMILES string of the molecule is CSc1ccc(/C=C2/SC(=O)N(CNc3ccccc3Br)C2=O)cc1. The van der Waals surface area contributed by atoms with Crippen molar-refractivity contribution >= 4 is 62.4 Å². The van der Waals surface area contributed by atoms with Crippen LogP contribution in [0.2, 0.25) is 0 Å². The van der Waals surface area contributed by atoms with E-state index >= 15 is 0 Å². The van der Waals surface area contributed by atoms with Crippen molar-refractivity contribution in [3.8, 4) is 0 Å². The van der Waals surface area contributed by atoms with Crippen molar-refractivity contribution in [3.63, 3.8) is 0 Å². The highest BCUT2D eigenvalue weighted by Crippen LogP contribution is 2.32. The van der Waals surface area contributed by atoms with Crippen LogP contribution in [-0.2, 0) is 4.79 Å². The normalized spacial score (nSPS) is 15.9. The maximum Gasteiger partial charge on any atom is 0.295 e. The zero-order valence-electron chi connectivity index (χ0n) is 13.4. The van der Waals surface area contributed by atoms with Gasteiger partial charge in [-0.25, -0.2) is 0 Å². The first-order valence-electron chi connectivity index (χ1n) is 7.46. The van der Waals surface area contributed by atoms with Gasteiger partial charge in [0.15, 0.2) is 0 Å². The Hall–Kier alpha value is -1.70. The summed E-state index contributed by atoms with van der Waals surface area (Å²) in [5.41, 5.74) is 1.74. The molecular weight excluding hydrogens is 420 g/mol. The lowest BCUT2D eigenvalue weighted by molar-refractivity contribution is -0.122. The second kappa shape index (κ2) is 8.12. The molecule has 1 aliphatic heterocycles. The lowest BCUT2D eigenvalue weighted by Gasteiger charge is -2.15. The van der Waals surface area contributed by atoms with Crippen LogP contribution >= 0.6 is 39.5 Å². The van der Waals surface area contributed by atoms with Crippen LogP contribution in [0, 0.1) is 0 Å². The standard InChI is InChI=1S/C18H15BrN2O2S2/c1-24-13-8-6-12(7-9-13)10-16-17(22)21(18(23)25-16)11-20-15-5-3-2-4-14(15)19/h2-10,20H,11H2,1H3/b16-10+. The quantitative estimate of drug-likeness (QED) is 0.512. The molecule has 7 heteroatoms. The van der Waals surface area contributed by atoms with Crippen molar-refractivity contribution in [2.45, 2.75) is 4.90 Å². The van der Waals surface area contributed by atoms with Gasteiger partial charge in [-0.3, -0.25) is 14.5 Å². The van der Waals surface area contributed by atoms with Crippen molar-refractivity contribution in [1.82, 2.24) is 4.90 Å². The van der Waals surface area contributed by atoms with Crippen LogP contribution in [0.1, 0.15) is 5.56 Å². The first kappa shape index (κ1) is 18.1. The summed E-state index contributed by atoms with van der Waals surface area (Å²) >= 11 is 6.06. The average Bonchev–Trinajstić information content (AvgIpc) is 2.88. The fourth-order valence-electron chi connectivity index (χ4n) is 2.26. The molecule has 1 fully saturated rings. The molecule has 0 unspecified atom stereocenters. The number of amides is 2. The Morgan fingerprint density at radius 3 is 2.56 bits per heavy atom. The van der Waals surface area contributed by atoms with Crippen LogP contribution in [0.3, 0.4) is 0 Å². The number of imide groups is 1. The zero-order valence-corrected chi connectivity index (χ0v) is 16.6. The largest absolute Gasteiger partial charge is 0.366 e. The smallest absolute Gasteiger partial charge is 0.295 e. The average molecular weight is 435 g/mol. The van der Waals surface area contributed by atoms with Crippen LogP contribution in [0.4, 0.5) is 10.5 Å². The summed E-state index contributed by atoms with van der Waals surface area (Å²) in [6.07, 6.45) is 3.77. The number of hydrogen-bond donors (Lipinski definition) is 1. The molecule has 0 atom stereocenters. The van der Waals surface area contributed by atoms with Gasteiger partial charge in [0.05, 0.1) is 11.6 Å². The predicted octanol–water partition coefficient (Wildman–Crippen LogP) is 5.28. The van der Waals surface area contributed by atoms with E-state index in [2.05, 4.69) is 21.2 Å². The number of benzene rings is 2. The third kappa shape index (κ3) is 4.29. The molecule has 4 nitrogen and oxygen atoms in total. The van der Waals surface area contributed by atoms with Crippen LogP contribution in [0.15, 0.2) is 62.8 Å². The molecule has 0 radical (unpaired) electrons. The summed E-state index contributed by atoms with van der Waals surface area (Å²) in [5.74, 6) is -0.275. The molecule has 0 bridgehead atoms. The summed E-state index contributed by atoms with van der Waals surface area (Å²) in [6.45, 7) is 0.135. The van der Waals surface area contributed by atoms with Gasteiger partial charge in [0.25, 0.3) is 11.1 Å². The van der Waals surface area contributed by atoms with Crippen LogP contribution in [0.25, 0.3) is 6.08 Å². The van der Waals surface area contributed by atoms with Gasteiger partial charge in [-0.05, 0) is 69.9 Å². The Labute approximate surface area is 163 Å². The molecule has 0 spiro atoms.